The lowest BCUT2D eigenvalue weighted by atomic mass is 10.0. The summed E-state index contributed by atoms with van der Waals surface area (Å²) in [5, 5.41) is 87.9. The number of rotatable bonds is 25. The quantitative estimate of drug-likeness (QED) is 0.0235. The highest BCUT2D eigenvalue weighted by Gasteiger charge is 2.44. The number of thioether (sulfide) groups is 3. The van der Waals surface area contributed by atoms with Gasteiger partial charge in [0, 0.05) is 58.0 Å². The molecule has 10 atom stereocenters. The lowest BCUT2D eigenvalue weighted by Gasteiger charge is -2.39. The Kier molecular flexibility index (Phi) is 24.5. The second kappa shape index (κ2) is 27.2. The summed E-state index contributed by atoms with van der Waals surface area (Å²) in [5.74, 6) is -0.552. The molecule has 0 saturated carbocycles. The third-order valence-corrected chi connectivity index (χ3v) is 11.7. The Balaban J connectivity index is 1.81. The first-order chi connectivity index (χ1) is 25.8. The molecule has 4 unspecified atom stereocenters. The van der Waals surface area contributed by atoms with Crippen LogP contribution < -0.4 is 21.7 Å². The van der Waals surface area contributed by atoms with E-state index in [-0.39, 0.29) is 30.5 Å². The molecule has 13 N–H and O–H groups in total. The minimum atomic E-state index is -1.55. The van der Waals surface area contributed by atoms with Gasteiger partial charge in [-0.3, -0.25) is 24.3 Å². The number of hydrogen-bond donors (Lipinski definition) is 12. The van der Waals surface area contributed by atoms with Crippen LogP contribution in [0.5, 0.6) is 0 Å². The number of nitrogens with two attached hydrogens (primary N) is 1. The Labute approximate surface area is 328 Å². The summed E-state index contributed by atoms with van der Waals surface area (Å²) in [6.45, 7) is 3.42. The number of aliphatic hydroxyl groups excluding tert-OH is 8. The maximum absolute atomic E-state index is 12.6. The molecule has 2 heterocycles. The molecule has 19 nitrogen and oxygen atoms in total. The van der Waals surface area contributed by atoms with Gasteiger partial charge in [0.15, 0.2) is 5.17 Å². The number of nitrogens with zero attached hydrogens (tertiary/aromatic N) is 2. The summed E-state index contributed by atoms with van der Waals surface area (Å²) in [6.07, 6.45) is -7.07. The Morgan fingerprint density at radius 1 is 0.685 bits per heavy atom. The van der Waals surface area contributed by atoms with Gasteiger partial charge in [0.1, 0.15) is 59.7 Å². The molecule has 2 rings (SSSR count). The van der Waals surface area contributed by atoms with Gasteiger partial charge in [-0.1, -0.05) is 31.5 Å². The summed E-state index contributed by atoms with van der Waals surface area (Å²) in [5.41, 5.74) is 3.83. The number of unbranched alkanes of at least 4 members (excludes halogenated alkanes) is 2. The molecule has 0 aromatic carbocycles. The molecule has 0 aromatic heterocycles. The van der Waals surface area contributed by atoms with E-state index in [9.17, 15) is 55.2 Å². The fourth-order valence-corrected chi connectivity index (χ4v) is 7.99. The zero-order chi connectivity index (χ0) is 40.0. The van der Waals surface area contributed by atoms with Crippen molar-refractivity contribution in [2.24, 2.45) is 10.7 Å². The number of nitrogens with one attached hydrogen (secondary N) is 3. The maximum atomic E-state index is 12.6. The lowest BCUT2D eigenvalue weighted by Crippen LogP contribution is -2.57. The van der Waals surface area contributed by atoms with Crippen LogP contribution in [0.15, 0.2) is 4.99 Å². The standard InChI is InChI=1S/C32H60N6O13S3/c1-2-3-4-7-37-32(33)52-14-5-6-21(41)34-8-11-38(12-9-35-22(42)17-53-30-28(48)26(46)24(44)19(15-39)50-30)13-10-36-23(43)18-54-31-29(49)27(47)25(45)20(16-40)51-31/h19-20,24-31,39-40,44-49H,2-18H2,1H3,(H2,33,37)(H,34,41)(H,35,42)(H,36,43)/t19?,20?,24-,25-,26-,27-,28-,29-,30?,31?/m0/s1. The smallest absolute Gasteiger partial charge is 0.230 e. The summed E-state index contributed by atoms with van der Waals surface area (Å²) in [6, 6.07) is 0. The van der Waals surface area contributed by atoms with E-state index in [0.29, 0.717) is 56.5 Å². The normalized spacial score (nSPS) is 28.9. The SMILES string of the molecule is CCCCCN=C(N)SCCCC(=O)NCCN(CCNC(=O)CSC1OC(CO)[C@H](O)[C@H](O)[C@@H]1O)CCNC(=O)CSC1OC(CO)[C@H](O)[C@H](O)[C@@H]1O. The van der Waals surface area contributed by atoms with Crippen molar-refractivity contribution in [2.45, 2.75) is 98.7 Å². The Bertz CT molecular complexity index is 1080. The number of aliphatic hydroxyl groups is 8. The van der Waals surface area contributed by atoms with Crippen molar-refractivity contribution in [1.29, 1.82) is 0 Å². The highest BCUT2D eigenvalue weighted by Crippen LogP contribution is 2.29. The van der Waals surface area contributed by atoms with Crippen LogP contribution in [0.25, 0.3) is 0 Å². The molecule has 2 aliphatic heterocycles. The van der Waals surface area contributed by atoms with Crippen molar-refractivity contribution in [1.82, 2.24) is 20.9 Å². The predicted molar refractivity (Wildman–Crippen MR) is 206 cm³/mol. The third-order valence-electron chi connectivity index (χ3n) is 8.53. The van der Waals surface area contributed by atoms with Crippen LogP contribution in [-0.4, -0.2) is 205 Å². The van der Waals surface area contributed by atoms with Gasteiger partial charge in [0.25, 0.3) is 0 Å². The maximum Gasteiger partial charge on any atom is 0.230 e. The average molecular weight is 833 g/mol. The number of hydrogen-bond acceptors (Lipinski definition) is 18. The Morgan fingerprint density at radius 2 is 1.15 bits per heavy atom. The van der Waals surface area contributed by atoms with Gasteiger partial charge in [0.05, 0.1) is 24.7 Å². The summed E-state index contributed by atoms with van der Waals surface area (Å²) >= 11 is 3.23. The zero-order valence-electron chi connectivity index (χ0n) is 30.6. The van der Waals surface area contributed by atoms with E-state index in [1.807, 2.05) is 4.90 Å². The first-order valence-corrected chi connectivity index (χ1v) is 21.2. The Morgan fingerprint density at radius 3 is 1.59 bits per heavy atom. The number of ether oxygens (including phenoxy) is 2. The van der Waals surface area contributed by atoms with Crippen molar-refractivity contribution in [3.8, 4) is 0 Å². The summed E-state index contributed by atoms with van der Waals surface area (Å²) in [4.78, 5) is 43.9. The van der Waals surface area contributed by atoms with Crippen LogP contribution in [0.2, 0.25) is 0 Å². The number of carbonyl (C=O) groups excluding carboxylic acids is 3. The highest BCUT2D eigenvalue weighted by molar-refractivity contribution is 8.13. The van der Waals surface area contributed by atoms with Crippen LogP contribution in [0.1, 0.15) is 39.0 Å². The Hall–Kier alpha value is -1.51. The van der Waals surface area contributed by atoms with Gasteiger partial charge in [-0.25, -0.2) is 0 Å². The van der Waals surface area contributed by atoms with Gasteiger partial charge in [-0.15, -0.1) is 23.5 Å². The molecule has 0 bridgehead atoms. The fraction of sp³-hybridized carbons (Fsp3) is 0.875. The van der Waals surface area contributed by atoms with Gasteiger partial charge in [-0.05, 0) is 12.8 Å². The van der Waals surface area contributed by atoms with Gasteiger partial charge < -0.3 is 72.0 Å². The van der Waals surface area contributed by atoms with Crippen molar-refractivity contribution in [3.63, 3.8) is 0 Å². The van der Waals surface area contributed by atoms with E-state index >= 15 is 0 Å². The van der Waals surface area contributed by atoms with Crippen LogP contribution in [0.4, 0.5) is 0 Å². The van der Waals surface area contributed by atoms with E-state index in [4.69, 9.17) is 15.2 Å². The van der Waals surface area contributed by atoms with Crippen molar-refractivity contribution >= 4 is 58.2 Å². The molecule has 22 heteroatoms. The number of amidine groups is 1. The molecule has 2 aliphatic rings. The lowest BCUT2D eigenvalue weighted by molar-refractivity contribution is -0.205. The van der Waals surface area contributed by atoms with Crippen molar-refractivity contribution in [2.75, 3.05) is 76.3 Å². The number of carbonyl (C=O) groups is 3. The molecule has 3 amide bonds. The van der Waals surface area contributed by atoms with Crippen LogP contribution in [0.3, 0.4) is 0 Å². The molecule has 2 saturated heterocycles. The van der Waals surface area contributed by atoms with E-state index in [1.54, 1.807) is 0 Å². The molecule has 2 fully saturated rings. The summed E-state index contributed by atoms with van der Waals surface area (Å²) in [7, 11) is 0. The van der Waals surface area contributed by atoms with Crippen LogP contribution in [0, 0.1) is 0 Å². The zero-order valence-corrected chi connectivity index (χ0v) is 33.1. The van der Waals surface area contributed by atoms with Crippen LogP contribution >= 0.6 is 35.3 Å². The molecule has 0 aliphatic carbocycles. The van der Waals surface area contributed by atoms with E-state index in [2.05, 4.69) is 27.9 Å². The molecule has 314 valence electrons. The largest absolute Gasteiger partial charge is 0.394 e. The topological polar surface area (TPSA) is 309 Å². The monoisotopic (exact) mass is 832 g/mol. The van der Waals surface area contributed by atoms with Crippen molar-refractivity contribution in [3.05, 3.63) is 0 Å². The first-order valence-electron chi connectivity index (χ1n) is 18.1. The van der Waals surface area contributed by atoms with Crippen LogP contribution in [-0.2, 0) is 23.9 Å². The molecular weight excluding hydrogens is 773 g/mol. The molecular formula is C32H60N6O13S3. The van der Waals surface area contributed by atoms with Gasteiger partial charge >= 0.3 is 0 Å². The highest BCUT2D eigenvalue weighted by atomic mass is 32.2. The van der Waals surface area contributed by atoms with E-state index < -0.39 is 84.7 Å². The first kappa shape index (κ1) is 48.6. The molecule has 0 spiro atoms. The minimum absolute atomic E-state index is 0.133. The van der Waals surface area contributed by atoms with Gasteiger partial charge in [0.2, 0.25) is 17.7 Å². The second-order valence-corrected chi connectivity index (χ2v) is 16.1. The summed E-state index contributed by atoms with van der Waals surface area (Å²) < 4.78 is 10.8. The molecule has 0 radical (unpaired) electrons. The van der Waals surface area contributed by atoms with E-state index in [1.165, 1.54) is 11.8 Å². The average Bonchev–Trinajstić information content (AvgIpc) is 3.15. The second-order valence-electron chi connectivity index (χ2n) is 12.8. The van der Waals surface area contributed by atoms with Gasteiger partial charge in [-0.2, -0.15) is 0 Å². The fourth-order valence-electron chi connectivity index (χ4n) is 5.32. The third kappa shape index (κ3) is 17.7. The predicted octanol–water partition coefficient (Wildman–Crippen LogP) is -4.28. The molecule has 54 heavy (non-hydrogen) atoms. The number of aliphatic imine (C=N–C) groups is 1. The number of amides is 3. The minimum Gasteiger partial charge on any atom is -0.394 e. The van der Waals surface area contributed by atoms with Crippen molar-refractivity contribution < 1.29 is 64.7 Å². The molecule has 0 aromatic rings. The van der Waals surface area contributed by atoms with E-state index in [0.717, 1.165) is 42.8 Å².